The molecule has 32 heavy (non-hydrogen) atoms. The number of nitrogen functional groups attached to an aromatic ring is 1. The molecule has 4 rings (SSSR count). The zero-order valence-electron chi connectivity index (χ0n) is 17.2. The van der Waals surface area contributed by atoms with Crippen molar-refractivity contribution in [3.8, 4) is 11.5 Å². The van der Waals surface area contributed by atoms with Gasteiger partial charge in [0, 0.05) is 35.9 Å². The van der Waals surface area contributed by atoms with Crippen molar-refractivity contribution in [3.05, 3.63) is 66.1 Å². The highest BCUT2D eigenvalue weighted by Crippen LogP contribution is 2.34. The van der Waals surface area contributed by atoms with Crippen LogP contribution in [0.4, 0.5) is 36.9 Å². The maximum atomic E-state index is 14.7. The molecular weight excluding hydrogens is 415 g/mol. The van der Waals surface area contributed by atoms with Crippen LogP contribution in [0.1, 0.15) is 12.5 Å². The fraction of sp³-hybridized carbons (Fsp3) is 0.136. The van der Waals surface area contributed by atoms with E-state index in [4.69, 9.17) is 10.5 Å². The molecule has 0 saturated carbocycles. The van der Waals surface area contributed by atoms with Gasteiger partial charge in [0.2, 0.25) is 0 Å². The molecule has 2 heterocycles. The zero-order chi connectivity index (χ0) is 22.7. The van der Waals surface area contributed by atoms with Gasteiger partial charge in [-0.3, -0.25) is 5.32 Å². The molecule has 0 aliphatic carbocycles. The molecule has 2 aromatic carbocycles. The Hall–Kier alpha value is -4.34. The van der Waals surface area contributed by atoms with E-state index in [0.29, 0.717) is 41.6 Å². The van der Waals surface area contributed by atoms with Crippen LogP contribution in [0.25, 0.3) is 0 Å². The highest BCUT2D eigenvalue weighted by atomic mass is 19.1. The van der Waals surface area contributed by atoms with Crippen molar-refractivity contribution in [1.82, 2.24) is 9.88 Å². The Labute approximate surface area is 183 Å². The lowest BCUT2D eigenvalue weighted by molar-refractivity contribution is 0.209. The molecule has 1 aliphatic heterocycles. The van der Waals surface area contributed by atoms with Crippen molar-refractivity contribution in [2.45, 2.75) is 13.5 Å². The van der Waals surface area contributed by atoms with Crippen LogP contribution in [-0.2, 0) is 6.54 Å². The van der Waals surface area contributed by atoms with Crippen molar-refractivity contribution >= 4 is 34.9 Å². The minimum Gasteiger partial charge on any atom is -0.454 e. The van der Waals surface area contributed by atoms with E-state index in [9.17, 15) is 14.0 Å². The summed E-state index contributed by atoms with van der Waals surface area (Å²) in [5, 5.41) is 7.89. The Morgan fingerprint density at radius 3 is 2.59 bits per heavy atom. The monoisotopic (exact) mass is 436 g/mol. The average Bonchev–Trinajstić information content (AvgIpc) is 2.77. The number of aromatic nitrogens is 1. The van der Waals surface area contributed by atoms with Crippen LogP contribution in [0.5, 0.6) is 11.5 Å². The molecule has 0 saturated heterocycles. The predicted octanol–water partition coefficient (Wildman–Crippen LogP) is 4.61. The van der Waals surface area contributed by atoms with Gasteiger partial charge in [-0.2, -0.15) is 0 Å². The number of hydrogen-bond donors (Lipinski definition) is 4. The van der Waals surface area contributed by atoms with E-state index in [0.717, 1.165) is 6.07 Å². The molecular formula is C22H21FN6O3. The number of halogens is 1. The van der Waals surface area contributed by atoms with Gasteiger partial charge in [-0.25, -0.2) is 19.0 Å². The first-order valence-electron chi connectivity index (χ1n) is 9.87. The zero-order valence-corrected chi connectivity index (χ0v) is 17.2. The third-order valence-electron chi connectivity index (χ3n) is 4.83. The summed E-state index contributed by atoms with van der Waals surface area (Å²) in [7, 11) is 0. The van der Waals surface area contributed by atoms with Gasteiger partial charge in [-0.15, -0.1) is 0 Å². The molecule has 10 heteroatoms. The number of carbonyl (C=O) groups excluding carboxylic acids is 2. The second-order valence-corrected chi connectivity index (χ2v) is 7.03. The highest BCUT2D eigenvalue weighted by molar-refractivity contribution is 5.99. The molecule has 0 unspecified atom stereocenters. The molecule has 4 amide bonds. The number of ether oxygens (including phenoxy) is 1. The fourth-order valence-electron chi connectivity index (χ4n) is 3.17. The van der Waals surface area contributed by atoms with Gasteiger partial charge < -0.3 is 26.0 Å². The Balaban J connectivity index is 1.46. The summed E-state index contributed by atoms with van der Waals surface area (Å²) >= 11 is 0. The SMILES string of the molecule is CCN1Cc2c(Oc3ccc(NC(=O)Nc4ccc(N)cc4)cc3F)ccnc2NC1=O. The Morgan fingerprint density at radius 2 is 1.88 bits per heavy atom. The summed E-state index contributed by atoms with van der Waals surface area (Å²) in [4.78, 5) is 29.9. The van der Waals surface area contributed by atoms with E-state index in [1.54, 1.807) is 35.2 Å². The molecule has 0 radical (unpaired) electrons. The molecule has 1 aromatic heterocycles. The van der Waals surface area contributed by atoms with Crippen molar-refractivity contribution in [3.63, 3.8) is 0 Å². The quantitative estimate of drug-likeness (QED) is 0.435. The smallest absolute Gasteiger partial charge is 0.323 e. The van der Waals surface area contributed by atoms with E-state index >= 15 is 0 Å². The largest absolute Gasteiger partial charge is 0.454 e. The van der Waals surface area contributed by atoms with Gasteiger partial charge >= 0.3 is 12.1 Å². The lowest BCUT2D eigenvalue weighted by atomic mass is 10.2. The normalized spacial score (nSPS) is 12.6. The predicted molar refractivity (Wildman–Crippen MR) is 119 cm³/mol. The lowest BCUT2D eigenvalue weighted by Gasteiger charge is -2.28. The number of pyridine rings is 1. The van der Waals surface area contributed by atoms with E-state index in [1.165, 1.54) is 18.3 Å². The number of nitrogens with two attached hydrogens (primary N) is 1. The van der Waals surface area contributed by atoms with Crippen molar-refractivity contribution in [2.75, 3.05) is 28.2 Å². The molecule has 1 aliphatic rings. The summed E-state index contributed by atoms with van der Waals surface area (Å²) in [6, 6.07) is 11.6. The molecule has 5 N–H and O–H groups in total. The molecule has 0 spiro atoms. The first-order chi connectivity index (χ1) is 15.4. The fourth-order valence-corrected chi connectivity index (χ4v) is 3.17. The molecule has 3 aromatic rings. The number of amides is 4. The van der Waals surface area contributed by atoms with Crippen LogP contribution >= 0.6 is 0 Å². The first kappa shape index (κ1) is 20.9. The average molecular weight is 436 g/mol. The molecule has 9 nitrogen and oxygen atoms in total. The second-order valence-electron chi connectivity index (χ2n) is 7.03. The number of hydrogen-bond acceptors (Lipinski definition) is 5. The van der Waals surface area contributed by atoms with Crippen LogP contribution in [0.15, 0.2) is 54.7 Å². The summed E-state index contributed by atoms with van der Waals surface area (Å²) in [5.41, 5.74) is 7.65. The number of rotatable bonds is 5. The molecule has 0 bridgehead atoms. The Morgan fingerprint density at radius 1 is 1.16 bits per heavy atom. The highest BCUT2D eigenvalue weighted by Gasteiger charge is 2.25. The number of carbonyl (C=O) groups is 2. The third kappa shape index (κ3) is 4.53. The number of nitrogens with one attached hydrogen (secondary N) is 3. The van der Waals surface area contributed by atoms with Gasteiger partial charge in [-0.05, 0) is 49.4 Å². The minimum absolute atomic E-state index is 0.0251. The van der Waals surface area contributed by atoms with Gasteiger partial charge in [-0.1, -0.05) is 0 Å². The molecule has 0 atom stereocenters. The third-order valence-corrected chi connectivity index (χ3v) is 4.83. The maximum absolute atomic E-state index is 14.7. The molecule has 164 valence electrons. The number of benzene rings is 2. The van der Waals surface area contributed by atoms with Gasteiger partial charge in [0.1, 0.15) is 11.6 Å². The summed E-state index contributed by atoms with van der Waals surface area (Å²) in [5.74, 6) is 0.0836. The topological polar surface area (TPSA) is 122 Å². The minimum atomic E-state index is -0.659. The maximum Gasteiger partial charge on any atom is 0.323 e. The number of anilines is 4. The first-order valence-corrected chi connectivity index (χ1v) is 9.87. The van der Waals surface area contributed by atoms with Crippen molar-refractivity contribution in [2.24, 2.45) is 0 Å². The van der Waals surface area contributed by atoms with Gasteiger partial charge in [0.25, 0.3) is 0 Å². The van der Waals surface area contributed by atoms with E-state index < -0.39 is 11.8 Å². The van der Waals surface area contributed by atoms with Crippen molar-refractivity contribution in [1.29, 1.82) is 0 Å². The van der Waals surface area contributed by atoms with Crippen LogP contribution in [0.3, 0.4) is 0 Å². The van der Waals surface area contributed by atoms with Crippen LogP contribution in [0, 0.1) is 5.82 Å². The van der Waals surface area contributed by atoms with Gasteiger partial charge in [0.05, 0.1) is 12.1 Å². The number of urea groups is 2. The van der Waals surface area contributed by atoms with E-state index in [-0.39, 0.29) is 17.5 Å². The Kier molecular flexibility index (Phi) is 5.75. The summed E-state index contributed by atoms with van der Waals surface area (Å²) in [6.45, 7) is 2.66. The van der Waals surface area contributed by atoms with E-state index in [2.05, 4.69) is 20.9 Å². The summed E-state index contributed by atoms with van der Waals surface area (Å²) in [6.07, 6.45) is 1.48. The van der Waals surface area contributed by atoms with Crippen LogP contribution < -0.4 is 26.4 Å². The lowest BCUT2D eigenvalue weighted by Crippen LogP contribution is -2.38. The summed E-state index contributed by atoms with van der Waals surface area (Å²) < 4.78 is 20.5. The second kappa shape index (κ2) is 8.80. The van der Waals surface area contributed by atoms with Crippen LogP contribution in [-0.4, -0.2) is 28.5 Å². The Bertz CT molecular complexity index is 1170. The number of fused-ring (bicyclic) bond motifs is 1. The van der Waals surface area contributed by atoms with E-state index in [1.807, 2.05) is 6.92 Å². The van der Waals surface area contributed by atoms with Crippen LogP contribution in [0.2, 0.25) is 0 Å². The standard InChI is InChI=1S/C22H21FN6O3/c1-2-29-12-16-18(9-10-25-20(16)28-22(29)31)32-19-8-7-15(11-17(19)23)27-21(30)26-14-5-3-13(24)4-6-14/h3-11H,2,12,24H2,1H3,(H,25,28,31)(H2,26,27,30). The number of nitrogens with zero attached hydrogens (tertiary/aromatic N) is 2. The van der Waals surface area contributed by atoms with Crippen molar-refractivity contribution < 1.29 is 18.7 Å². The molecule has 0 fully saturated rings. The van der Waals surface area contributed by atoms with Gasteiger partial charge in [0.15, 0.2) is 11.6 Å².